The lowest BCUT2D eigenvalue weighted by molar-refractivity contribution is -0.135. The van der Waals surface area contributed by atoms with Gasteiger partial charge in [0.25, 0.3) is 0 Å². The predicted molar refractivity (Wildman–Crippen MR) is 93.6 cm³/mol. The SMILES string of the molecule is CC#CCc1cnc([C@H]2CCCN2C(=O)[C@@H](NC(=O)OC)C(C)C)[nH]1. The van der Waals surface area contributed by atoms with Crippen LogP contribution in [0.25, 0.3) is 0 Å². The van der Waals surface area contributed by atoms with Crippen molar-refractivity contribution < 1.29 is 14.3 Å². The van der Waals surface area contributed by atoms with Crippen LogP contribution in [-0.2, 0) is 16.0 Å². The van der Waals surface area contributed by atoms with E-state index in [9.17, 15) is 9.59 Å². The minimum Gasteiger partial charge on any atom is -0.453 e. The molecule has 25 heavy (non-hydrogen) atoms. The maximum atomic E-state index is 13.0. The third-order valence-corrected chi connectivity index (χ3v) is 4.35. The van der Waals surface area contributed by atoms with E-state index >= 15 is 0 Å². The first-order chi connectivity index (χ1) is 12.0. The number of rotatable bonds is 5. The van der Waals surface area contributed by atoms with Crippen molar-refractivity contribution in [2.45, 2.75) is 52.1 Å². The van der Waals surface area contributed by atoms with E-state index in [4.69, 9.17) is 0 Å². The topological polar surface area (TPSA) is 87.3 Å². The van der Waals surface area contributed by atoms with Crippen LogP contribution in [0.5, 0.6) is 0 Å². The Morgan fingerprint density at radius 3 is 2.92 bits per heavy atom. The molecule has 1 aromatic heterocycles. The van der Waals surface area contributed by atoms with Gasteiger partial charge in [0.15, 0.2) is 0 Å². The molecule has 2 rings (SSSR count). The van der Waals surface area contributed by atoms with E-state index in [0.29, 0.717) is 13.0 Å². The van der Waals surface area contributed by atoms with Gasteiger partial charge in [0.1, 0.15) is 11.9 Å². The number of amides is 2. The lowest BCUT2D eigenvalue weighted by atomic mass is 10.0. The number of likely N-dealkylation sites (tertiary alicyclic amines) is 1. The van der Waals surface area contributed by atoms with Crippen molar-refractivity contribution >= 4 is 12.0 Å². The first-order valence-corrected chi connectivity index (χ1v) is 8.56. The van der Waals surface area contributed by atoms with Crippen LogP contribution in [0.2, 0.25) is 0 Å². The number of ether oxygens (including phenoxy) is 1. The largest absolute Gasteiger partial charge is 0.453 e. The van der Waals surface area contributed by atoms with Gasteiger partial charge in [-0.15, -0.1) is 5.92 Å². The molecule has 1 fully saturated rings. The van der Waals surface area contributed by atoms with Crippen molar-refractivity contribution in [1.29, 1.82) is 0 Å². The van der Waals surface area contributed by atoms with E-state index in [1.165, 1.54) is 7.11 Å². The fraction of sp³-hybridized carbons (Fsp3) is 0.611. The monoisotopic (exact) mass is 346 g/mol. The summed E-state index contributed by atoms with van der Waals surface area (Å²) < 4.78 is 4.64. The molecule has 7 nitrogen and oxygen atoms in total. The second kappa shape index (κ2) is 8.56. The summed E-state index contributed by atoms with van der Waals surface area (Å²) in [4.78, 5) is 34.1. The summed E-state index contributed by atoms with van der Waals surface area (Å²) in [5.74, 6) is 6.49. The van der Waals surface area contributed by atoms with Crippen LogP contribution in [-0.4, -0.2) is 46.6 Å². The van der Waals surface area contributed by atoms with Crippen LogP contribution in [0.1, 0.15) is 51.2 Å². The number of aromatic nitrogens is 2. The zero-order chi connectivity index (χ0) is 18.4. The summed E-state index contributed by atoms with van der Waals surface area (Å²) >= 11 is 0. The summed E-state index contributed by atoms with van der Waals surface area (Å²) in [6.45, 7) is 6.26. The quantitative estimate of drug-likeness (QED) is 0.799. The summed E-state index contributed by atoms with van der Waals surface area (Å²) in [6.07, 6.45) is 3.54. The van der Waals surface area contributed by atoms with E-state index in [2.05, 4.69) is 31.9 Å². The number of H-pyrrole nitrogens is 1. The number of carbonyl (C=O) groups excluding carboxylic acids is 2. The molecule has 7 heteroatoms. The molecule has 1 aromatic rings. The van der Waals surface area contributed by atoms with Gasteiger partial charge < -0.3 is 19.9 Å². The smallest absolute Gasteiger partial charge is 0.407 e. The average Bonchev–Trinajstić information content (AvgIpc) is 3.25. The molecule has 0 saturated carbocycles. The number of hydrogen-bond acceptors (Lipinski definition) is 4. The van der Waals surface area contributed by atoms with Gasteiger partial charge in [-0.05, 0) is 25.7 Å². The van der Waals surface area contributed by atoms with Crippen LogP contribution in [0.15, 0.2) is 6.20 Å². The number of hydrogen-bond donors (Lipinski definition) is 2. The van der Waals surface area contributed by atoms with Crippen molar-refractivity contribution in [3.8, 4) is 11.8 Å². The summed E-state index contributed by atoms with van der Waals surface area (Å²) in [5, 5.41) is 2.65. The lowest BCUT2D eigenvalue weighted by Crippen LogP contribution is -2.51. The fourth-order valence-electron chi connectivity index (χ4n) is 3.01. The highest BCUT2D eigenvalue weighted by Crippen LogP contribution is 2.31. The second-order valence-electron chi connectivity index (χ2n) is 6.44. The molecule has 0 aliphatic carbocycles. The minimum atomic E-state index is -0.617. The molecule has 2 N–H and O–H groups in total. The van der Waals surface area contributed by atoms with Crippen molar-refractivity contribution in [2.75, 3.05) is 13.7 Å². The lowest BCUT2D eigenvalue weighted by Gasteiger charge is -2.30. The number of carbonyl (C=O) groups is 2. The zero-order valence-electron chi connectivity index (χ0n) is 15.3. The first kappa shape index (κ1) is 18.8. The molecular weight excluding hydrogens is 320 g/mol. The highest BCUT2D eigenvalue weighted by Gasteiger charge is 2.37. The molecule has 1 aliphatic heterocycles. The molecule has 0 aromatic carbocycles. The van der Waals surface area contributed by atoms with E-state index in [0.717, 1.165) is 24.4 Å². The summed E-state index contributed by atoms with van der Waals surface area (Å²) in [5.41, 5.74) is 0.941. The van der Waals surface area contributed by atoms with E-state index in [1.54, 1.807) is 18.0 Å². The molecule has 2 atom stereocenters. The Labute approximate surface area is 148 Å². The van der Waals surface area contributed by atoms with Crippen molar-refractivity contribution in [3.63, 3.8) is 0 Å². The Hall–Kier alpha value is -2.49. The summed E-state index contributed by atoms with van der Waals surface area (Å²) in [6, 6.07) is -0.718. The Morgan fingerprint density at radius 2 is 2.28 bits per heavy atom. The average molecular weight is 346 g/mol. The number of methoxy groups -OCH3 is 1. The van der Waals surface area contributed by atoms with Gasteiger partial charge in [-0.2, -0.15) is 0 Å². The molecule has 1 aliphatic rings. The van der Waals surface area contributed by atoms with E-state index in [-0.39, 0.29) is 17.9 Å². The zero-order valence-corrected chi connectivity index (χ0v) is 15.3. The first-order valence-electron chi connectivity index (χ1n) is 8.56. The van der Waals surface area contributed by atoms with Crippen LogP contribution in [0.4, 0.5) is 4.79 Å². The number of aromatic amines is 1. The van der Waals surface area contributed by atoms with Gasteiger partial charge in [-0.1, -0.05) is 19.8 Å². The minimum absolute atomic E-state index is 0.0418. The van der Waals surface area contributed by atoms with Crippen LogP contribution < -0.4 is 5.32 Å². The molecule has 0 unspecified atom stereocenters. The highest BCUT2D eigenvalue weighted by molar-refractivity contribution is 5.86. The van der Waals surface area contributed by atoms with Gasteiger partial charge >= 0.3 is 6.09 Å². The molecule has 0 radical (unpaired) electrons. The predicted octanol–water partition coefficient (Wildman–Crippen LogP) is 2.02. The van der Waals surface area contributed by atoms with E-state index < -0.39 is 12.1 Å². The maximum absolute atomic E-state index is 13.0. The van der Waals surface area contributed by atoms with Gasteiger partial charge in [0, 0.05) is 18.4 Å². The number of imidazole rings is 1. The third-order valence-electron chi connectivity index (χ3n) is 4.35. The van der Waals surface area contributed by atoms with Crippen LogP contribution >= 0.6 is 0 Å². The van der Waals surface area contributed by atoms with Crippen LogP contribution in [0.3, 0.4) is 0 Å². The van der Waals surface area contributed by atoms with Crippen molar-refractivity contribution in [1.82, 2.24) is 20.2 Å². The normalized spacial score (nSPS) is 17.8. The van der Waals surface area contributed by atoms with Crippen molar-refractivity contribution in [2.24, 2.45) is 5.92 Å². The molecule has 2 heterocycles. The Balaban J connectivity index is 2.15. The second-order valence-corrected chi connectivity index (χ2v) is 6.44. The number of alkyl carbamates (subject to hydrolysis) is 1. The Kier molecular flexibility index (Phi) is 6.45. The number of nitrogens with zero attached hydrogens (tertiary/aromatic N) is 2. The fourth-order valence-corrected chi connectivity index (χ4v) is 3.01. The molecule has 0 spiro atoms. The Morgan fingerprint density at radius 1 is 1.52 bits per heavy atom. The molecular formula is C18H26N4O3. The Bertz CT molecular complexity index is 671. The van der Waals surface area contributed by atoms with Crippen molar-refractivity contribution in [3.05, 3.63) is 17.7 Å². The standard InChI is InChI=1S/C18H26N4O3/c1-5-6-8-13-11-19-16(20-13)14-9-7-10-22(14)17(23)15(12(2)3)21-18(24)25-4/h11-12,14-15H,7-10H2,1-4H3,(H,19,20)(H,21,24)/t14-,15+/m1/s1. The van der Waals surface area contributed by atoms with Crippen LogP contribution in [0, 0.1) is 17.8 Å². The van der Waals surface area contributed by atoms with Gasteiger partial charge in [0.2, 0.25) is 5.91 Å². The number of nitrogens with one attached hydrogen (secondary N) is 2. The van der Waals surface area contributed by atoms with E-state index in [1.807, 2.05) is 13.8 Å². The molecule has 1 saturated heterocycles. The molecule has 2 amide bonds. The van der Waals surface area contributed by atoms with Gasteiger partial charge in [-0.25, -0.2) is 9.78 Å². The molecule has 0 bridgehead atoms. The summed E-state index contributed by atoms with van der Waals surface area (Å²) in [7, 11) is 1.29. The molecule has 136 valence electrons. The maximum Gasteiger partial charge on any atom is 0.407 e. The third kappa shape index (κ3) is 4.53. The highest BCUT2D eigenvalue weighted by atomic mass is 16.5. The van der Waals surface area contributed by atoms with Gasteiger partial charge in [-0.3, -0.25) is 4.79 Å². The van der Waals surface area contributed by atoms with Gasteiger partial charge in [0.05, 0.1) is 19.6 Å².